The Morgan fingerprint density at radius 2 is 1.71 bits per heavy atom. The predicted molar refractivity (Wildman–Crippen MR) is 58.0 cm³/mol. The summed E-state index contributed by atoms with van der Waals surface area (Å²) >= 11 is 0. The molecule has 0 aromatic rings. The first-order valence-electron chi connectivity index (χ1n) is 5.08. The van der Waals surface area contributed by atoms with Gasteiger partial charge in [0.2, 0.25) is 5.91 Å². The number of carbonyl (C=O) groups is 1. The fourth-order valence-electron chi connectivity index (χ4n) is 1.25. The third-order valence-electron chi connectivity index (χ3n) is 1.91. The first-order valence-corrected chi connectivity index (χ1v) is 5.08. The molecule has 0 unspecified atom stereocenters. The topological polar surface area (TPSA) is 49.3 Å². The summed E-state index contributed by atoms with van der Waals surface area (Å²) < 4.78 is 0. The molecule has 0 aromatic heterocycles. The van der Waals surface area contributed by atoms with Crippen LogP contribution in [0.25, 0.3) is 0 Å². The Kier molecular flexibility index (Phi) is 4.59. The molecule has 0 heterocycles. The minimum absolute atomic E-state index is 0.0133. The highest BCUT2D eigenvalue weighted by atomic mass is 16.3. The predicted octanol–water partition coefficient (Wildman–Crippen LogP) is 1.70. The maximum atomic E-state index is 11.6. The van der Waals surface area contributed by atoms with Gasteiger partial charge in [0.15, 0.2) is 0 Å². The molecule has 0 saturated heterocycles. The van der Waals surface area contributed by atoms with Crippen molar-refractivity contribution in [2.45, 2.75) is 53.0 Å². The summed E-state index contributed by atoms with van der Waals surface area (Å²) in [4.78, 5) is 11.6. The van der Waals surface area contributed by atoms with Crippen molar-refractivity contribution in [1.82, 2.24) is 5.32 Å². The molecular weight excluding hydrogens is 178 g/mol. The molecule has 14 heavy (non-hydrogen) atoms. The van der Waals surface area contributed by atoms with E-state index < -0.39 is 0 Å². The van der Waals surface area contributed by atoms with E-state index in [2.05, 4.69) is 5.32 Å². The molecule has 0 aliphatic carbocycles. The molecule has 0 aromatic carbocycles. The van der Waals surface area contributed by atoms with E-state index in [1.54, 1.807) is 0 Å². The molecule has 0 radical (unpaired) electrons. The first-order chi connectivity index (χ1) is 6.16. The van der Waals surface area contributed by atoms with Crippen LogP contribution in [0.3, 0.4) is 0 Å². The first kappa shape index (κ1) is 13.4. The van der Waals surface area contributed by atoms with E-state index in [1.165, 1.54) is 0 Å². The summed E-state index contributed by atoms with van der Waals surface area (Å²) in [5, 5.41) is 11.7. The highest BCUT2D eigenvalue weighted by Crippen LogP contribution is 2.19. The Hall–Kier alpha value is -0.570. The van der Waals surface area contributed by atoms with Crippen molar-refractivity contribution >= 4 is 5.91 Å². The maximum absolute atomic E-state index is 11.6. The van der Waals surface area contributed by atoms with Gasteiger partial charge in [0, 0.05) is 18.6 Å². The van der Waals surface area contributed by atoms with E-state index in [4.69, 9.17) is 5.11 Å². The normalized spacial score (nSPS) is 12.7. The van der Waals surface area contributed by atoms with E-state index in [0.717, 1.165) is 0 Å². The van der Waals surface area contributed by atoms with E-state index in [0.29, 0.717) is 12.8 Å². The fourth-order valence-corrected chi connectivity index (χ4v) is 1.25. The molecule has 0 fully saturated rings. The van der Waals surface area contributed by atoms with Crippen LogP contribution < -0.4 is 5.32 Å². The lowest BCUT2D eigenvalue weighted by atomic mass is 9.91. The van der Waals surface area contributed by atoms with Crippen LogP contribution in [0.4, 0.5) is 0 Å². The smallest absolute Gasteiger partial charge is 0.220 e. The molecule has 3 heteroatoms. The molecule has 84 valence electrons. The van der Waals surface area contributed by atoms with Gasteiger partial charge in [-0.2, -0.15) is 0 Å². The van der Waals surface area contributed by atoms with Gasteiger partial charge in [-0.3, -0.25) is 4.79 Å². The Balaban J connectivity index is 4.06. The third kappa shape index (κ3) is 6.89. The SMILES string of the molecule is CC(C)(C)CC(=O)NC(C)(C)CCO. The lowest BCUT2D eigenvalue weighted by molar-refractivity contribution is -0.124. The lowest BCUT2D eigenvalue weighted by Crippen LogP contribution is -2.45. The molecule has 2 N–H and O–H groups in total. The van der Waals surface area contributed by atoms with Gasteiger partial charge in [0.1, 0.15) is 0 Å². The van der Waals surface area contributed by atoms with Gasteiger partial charge in [-0.05, 0) is 25.7 Å². The second kappa shape index (κ2) is 4.78. The van der Waals surface area contributed by atoms with E-state index in [1.807, 2.05) is 34.6 Å². The Morgan fingerprint density at radius 3 is 2.07 bits per heavy atom. The standard InChI is InChI=1S/C11H23NO2/c1-10(2,3)8-9(14)12-11(4,5)6-7-13/h13H,6-8H2,1-5H3,(H,12,14). The summed E-state index contributed by atoms with van der Waals surface area (Å²) in [6.45, 7) is 10.0. The molecular formula is C11H23NO2. The number of amides is 1. The zero-order valence-corrected chi connectivity index (χ0v) is 9.98. The van der Waals surface area contributed by atoms with Crippen molar-refractivity contribution in [2.75, 3.05) is 6.61 Å². The van der Waals surface area contributed by atoms with E-state index in [-0.39, 0.29) is 23.5 Å². The van der Waals surface area contributed by atoms with Crippen LogP contribution in [0, 0.1) is 5.41 Å². The summed E-state index contributed by atoms with van der Waals surface area (Å²) in [5.41, 5.74) is -0.295. The van der Waals surface area contributed by atoms with Crippen LogP contribution in [0.1, 0.15) is 47.5 Å². The van der Waals surface area contributed by atoms with Crippen LogP contribution in [-0.4, -0.2) is 23.2 Å². The number of hydrogen-bond acceptors (Lipinski definition) is 2. The van der Waals surface area contributed by atoms with Gasteiger partial charge in [-0.1, -0.05) is 20.8 Å². The van der Waals surface area contributed by atoms with Crippen molar-refractivity contribution in [3.8, 4) is 0 Å². The Morgan fingerprint density at radius 1 is 1.21 bits per heavy atom. The summed E-state index contributed by atoms with van der Waals surface area (Å²) in [6.07, 6.45) is 1.10. The third-order valence-corrected chi connectivity index (χ3v) is 1.91. The number of carbonyl (C=O) groups excluding carboxylic acids is 1. The average Bonchev–Trinajstić information content (AvgIpc) is 1.78. The summed E-state index contributed by atoms with van der Waals surface area (Å²) in [5.74, 6) is 0.0518. The van der Waals surface area contributed by atoms with Gasteiger partial charge in [0.05, 0.1) is 0 Å². The van der Waals surface area contributed by atoms with Crippen LogP contribution in [0.2, 0.25) is 0 Å². The molecule has 0 aliphatic rings. The summed E-state index contributed by atoms with van der Waals surface area (Å²) in [7, 11) is 0. The molecule has 0 saturated carbocycles. The van der Waals surface area contributed by atoms with Gasteiger partial charge in [-0.25, -0.2) is 0 Å². The minimum Gasteiger partial charge on any atom is -0.396 e. The van der Waals surface area contributed by atoms with Gasteiger partial charge >= 0.3 is 0 Å². The molecule has 0 atom stereocenters. The lowest BCUT2D eigenvalue weighted by Gasteiger charge is -2.27. The molecule has 0 rings (SSSR count). The number of aliphatic hydroxyl groups is 1. The Bertz CT molecular complexity index is 192. The second-order valence-corrected chi connectivity index (χ2v) is 5.64. The minimum atomic E-state index is -0.308. The van der Waals surface area contributed by atoms with Crippen LogP contribution in [0.15, 0.2) is 0 Å². The molecule has 0 bridgehead atoms. The van der Waals surface area contributed by atoms with Crippen molar-refractivity contribution in [3.63, 3.8) is 0 Å². The van der Waals surface area contributed by atoms with E-state index in [9.17, 15) is 4.79 Å². The molecule has 0 spiro atoms. The number of rotatable bonds is 4. The van der Waals surface area contributed by atoms with Crippen LogP contribution >= 0.6 is 0 Å². The monoisotopic (exact) mass is 201 g/mol. The van der Waals surface area contributed by atoms with Crippen molar-refractivity contribution in [2.24, 2.45) is 5.41 Å². The summed E-state index contributed by atoms with van der Waals surface area (Å²) in [6, 6.07) is 0. The van der Waals surface area contributed by atoms with Gasteiger partial charge < -0.3 is 10.4 Å². The van der Waals surface area contributed by atoms with E-state index >= 15 is 0 Å². The zero-order valence-electron chi connectivity index (χ0n) is 9.98. The fraction of sp³-hybridized carbons (Fsp3) is 0.909. The van der Waals surface area contributed by atoms with Crippen molar-refractivity contribution in [1.29, 1.82) is 0 Å². The average molecular weight is 201 g/mol. The maximum Gasteiger partial charge on any atom is 0.220 e. The number of aliphatic hydroxyl groups excluding tert-OH is 1. The quantitative estimate of drug-likeness (QED) is 0.727. The zero-order chi connectivity index (χ0) is 11.4. The Labute approximate surface area is 86.9 Å². The highest BCUT2D eigenvalue weighted by molar-refractivity contribution is 5.77. The largest absolute Gasteiger partial charge is 0.396 e. The second-order valence-electron chi connectivity index (χ2n) is 5.64. The van der Waals surface area contributed by atoms with Crippen LogP contribution in [0.5, 0.6) is 0 Å². The van der Waals surface area contributed by atoms with Gasteiger partial charge in [0.25, 0.3) is 0 Å². The molecule has 0 aliphatic heterocycles. The number of hydrogen-bond donors (Lipinski definition) is 2. The van der Waals surface area contributed by atoms with Gasteiger partial charge in [-0.15, -0.1) is 0 Å². The van der Waals surface area contributed by atoms with Crippen LogP contribution in [-0.2, 0) is 4.79 Å². The van der Waals surface area contributed by atoms with Crippen molar-refractivity contribution in [3.05, 3.63) is 0 Å². The highest BCUT2D eigenvalue weighted by Gasteiger charge is 2.22. The van der Waals surface area contributed by atoms with Crippen molar-refractivity contribution < 1.29 is 9.90 Å². The molecule has 1 amide bonds. The molecule has 3 nitrogen and oxygen atoms in total. The number of nitrogens with one attached hydrogen (secondary N) is 1.